The number of carboxylic acids is 1. The largest absolute Gasteiger partial charge is 0.481 e. The minimum atomic E-state index is -0.833. The van der Waals surface area contributed by atoms with Gasteiger partial charge in [-0.3, -0.25) is 4.79 Å². The van der Waals surface area contributed by atoms with E-state index in [1.807, 2.05) is 0 Å². The summed E-state index contributed by atoms with van der Waals surface area (Å²) in [6.07, 6.45) is 0. The molecule has 40 valence electrons. The fraction of sp³-hybridized carbons (Fsp3) is 0.500. The van der Waals surface area contributed by atoms with Gasteiger partial charge in [0.1, 0.15) is 0 Å². The predicted octanol–water partition coefficient (Wildman–Crippen LogP) is -0.734. The first-order valence-electron chi connectivity index (χ1n) is 0.928. The average Bonchev–Trinajstić information content (AvgIpc) is 0.811. The number of rotatable bonds is 0. The van der Waals surface area contributed by atoms with Crippen LogP contribution in [-0.4, -0.2) is 16.6 Å². The van der Waals surface area contributed by atoms with Crippen molar-refractivity contribution in [2.75, 3.05) is 0 Å². The fourth-order valence-corrected chi connectivity index (χ4v) is 0. The molecule has 0 aliphatic carbocycles. The second-order valence-corrected chi connectivity index (χ2v) is 0.519. The van der Waals surface area contributed by atoms with Crippen LogP contribution in [0.25, 0.3) is 0 Å². The predicted molar refractivity (Wildman–Crippen MR) is 16.9 cm³/mol. The molecule has 0 aromatic rings. The summed E-state index contributed by atoms with van der Waals surface area (Å²) < 4.78 is 0. The third kappa shape index (κ3) is 118. The van der Waals surface area contributed by atoms with Crippen LogP contribution < -0.4 is 0 Å². The third-order valence-corrected chi connectivity index (χ3v) is 0. The number of carbonyl (C=O) groups is 1. The van der Waals surface area contributed by atoms with E-state index >= 15 is 0 Å². The monoisotopic (exact) mass is 236 g/mol. The summed E-state index contributed by atoms with van der Waals surface area (Å²) in [6, 6.07) is 0. The van der Waals surface area contributed by atoms with Gasteiger partial charge in [-0.2, -0.15) is 0 Å². The molecule has 3 nitrogen and oxygen atoms in total. The van der Waals surface area contributed by atoms with Gasteiger partial charge in [0, 0.05) is 46.9 Å². The van der Waals surface area contributed by atoms with Crippen molar-refractivity contribution in [3.63, 3.8) is 0 Å². The van der Waals surface area contributed by atoms with Crippen molar-refractivity contribution in [3.8, 4) is 0 Å². The Balaban J connectivity index is -0.0000000450. The van der Waals surface area contributed by atoms with Crippen LogP contribution in [0.5, 0.6) is 0 Å². The first kappa shape index (κ1) is 15.9. The van der Waals surface area contributed by atoms with Gasteiger partial charge >= 0.3 is 0 Å². The molecule has 0 saturated heterocycles. The number of hydrogen-bond donors (Lipinski definition) is 1. The van der Waals surface area contributed by atoms with Crippen LogP contribution in [0.4, 0.5) is 0 Å². The van der Waals surface area contributed by atoms with Crippen molar-refractivity contribution in [1.29, 1.82) is 0 Å². The number of carboxylic acid groups (broad SMARTS) is 1. The normalized spacial score (nSPS) is 4.17. The summed E-state index contributed by atoms with van der Waals surface area (Å²) >= 11 is 0. The summed E-state index contributed by atoms with van der Waals surface area (Å²) in [5, 5.41) is 7.42. The minimum absolute atomic E-state index is 0. The first-order chi connectivity index (χ1) is 1.73. The van der Waals surface area contributed by atoms with Crippen LogP contribution in [-0.2, 0) is 4.79 Å². The Labute approximate surface area is 67.7 Å². The van der Waals surface area contributed by atoms with Crippen LogP contribution >= 0.6 is 0 Å². The van der Waals surface area contributed by atoms with Gasteiger partial charge < -0.3 is 10.6 Å². The molecule has 0 radical (unpaired) electrons. The van der Waals surface area contributed by atoms with Gasteiger partial charge in [0.05, 0.1) is 0 Å². The maximum absolute atomic E-state index is 9.00. The zero-order chi connectivity index (χ0) is 3.58. The van der Waals surface area contributed by atoms with Gasteiger partial charge in [-0.1, -0.05) is 0 Å². The van der Waals surface area contributed by atoms with Crippen LogP contribution in [0, 0.1) is 39.9 Å². The van der Waals surface area contributed by atoms with E-state index in [9.17, 15) is 0 Å². The van der Waals surface area contributed by atoms with E-state index in [1.54, 1.807) is 0 Å². The van der Waals surface area contributed by atoms with Gasteiger partial charge in [0.2, 0.25) is 0 Å². The Morgan fingerprint density at radius 1 is 1.67 bits per heavy atom. The van der Waals surface area contributed by atoms with Gasteiger partial charge in [0.15, 0.2) is 0 Å². The van der Waals surface area contributed by atoms with E-state index in [0.717, 1.165) is 6.92 Å². The standard InChI is InChI=1S/C2H4O2.Gd.H2O/c1-2(3)4;;/h1H3,(H,3,4);;1H2. The molecule has 0 aromatic carbocycles. The molecule has 0 spiro atoms. The second kappa shape index (κ2) is 9.23. The van der Waals surface area contributed by atoms with Crippen molar-refractivity contribution < 1.29 is 55.3 Å². The molecule has 0 amide bonds. The summed E-state index contributed by atoms with van der Waals surface area (Å²) in [5.41, 5.74) is 0. The smallest absolute Gasteiger partial charge is 0.300 e. The Bertz CT molecular complexity index is 31.8. The Hall–Kier alpha value is 0.755. The molecule has 6 heavy (non-hydrogen) atoms. The van der Waals surface area contributed by atoms with Crippen LogP contribution in [0.3, 0.4) is 0 Å². The Morgan fingerprint density at radius 3 is 1.67 bits per heavy atom. The molecular weight excluding hydrogens is 229 g/mol. The Morgan fingerprint density at radius 2 is 1.67 bits per heavy atom. The quantitative estimate of drug-likeness (QED) is 0.601. The van der Waals surface area contributed by atoms with E-state index in [1.165, 1.54) is 0 Å². The van der Waals surface area contributed by atoms with Crippen LogP contribution in [0.15, 0.2) is 0 Å². The number of hydrogen-bond acceptors (Lipinski definition) is 1. The second-order valence-electron chi connectivity index (χ2n) is 0.519. The SMILES string of the molecule is CC(=O)O.O.[Gd]. The van der Waals surface area contributed by atoms with Gasteiger partial charge in [-0.25, -0.2) is 0 Å². The van der Waals surface area contributed by atoms with Crippen molar-refractivity contribution in [2.45, 2.75) is 6.92 Å². The zero-order valence-electron chi connectivity index (χ0n) is 3.21. The van der Waals surface area contributed by atoms with E-state index in [-0.39, 0.29) is 45.4 Å². The zero-order valence-corrected chi connectivity index (χ0v) is 5.48. The molecule has 0 rings (SSSR count). The van der Waals surface area contributed by atoms with E-state index in [4.69, 9.17) is 9.90 Å². The summed E-state index contributed by atoms with van der Waals surface area (Å²) in [7, 11) is 0. The summed E-state index contributed by atoms with van der Waals surface area (Å²) in [5.74, 6) is -0.833. The molecule has 0 aliphatic heterocycles. The molecule has 0 fully saturated rings. The van der Waals surface area contributed by atoms with Crippen LogP contribution in [0.2, 0.25) is 0 Å². The fourth-order valence-electron chi connectivity index (χ4n) is 0. The molecule has 0 aliphatic rings. The van der Waals surface area contributed by atoms with Crippen molar-refractivity contribution in [2.24, 2.45) is 0 Å². The molecule has 0 heterocycles. The maximum atomic E-state index is 9.00. The molecule has 4 heteroatoms. The van der Waals surface area contributed by atoms with Crippen molar-refractivity contribution in [3.05, 3.63) is 0 Å². The first-order valence-corrected chi connectivity index (χ1v) is 0.928. The van der Waals surface area contributed by atoms with E-state index < -0.39 is 5.97 Å². The molecule has 0 aromatic heterocycles. The minimum Gasteiger partial charge on any atom is -0.481 e. The molecule has 0 unspecified atom stereocenters. The Kier molecular flexibility index (Phi) is 24.4. The van der Waals surface area contributed by atoms with Crippen molar-refractivity contribution >= 4 is 5.97 Å². The van der Waals surface area contributed by atoms with E-state index in [0.29, 0.717) is 0 Å². The van der Waals surface area contributed by atoms with Gasteiger partial charge in [-0.15, -0.1) is 0 Å². The third-order valence-electron chi connectivity index (χ3n) is 0. The van der Waals surface area contributed by atoms with Gasteiger partial charge in [0.25, 0.3) is 5.97 Å². The average molecular weight is 235 g/mol. The summed E-state index contributed by atoms with van der Waals surface area (Å²) in [4.78, 5) is 9.00. The molecular formula is C2H6GdO3. The van der Waals surface area contributed by atoms with Crippen LogP contribution in [0.1, 0.15) is 6.92 Å². The van der Waals surface area contributed by atoms with Gasteiger partial charge in [-0.05, 0) is 0 Å². The van der Waals surface area contributed by atoms with Crippen molar-refractivity contribution in [1.82, 2.24) is 0 Å². The summed E-state index contributed by atoms with van der Waals surface area (Å²) in [6.45, 7) is 1.08. The molecule has 0 atom stereocenters. The molecule has 0 bridgehead atoms. The molecule has 3 N–H and O–H groups in total. The number of aliphatic carboxylic acids is 1. The van der Waals surface area contributed by atoms with E-state index in [2.05, 4.69) is 0 Å². The molecule has 0 saturated carbocycles. The maximum Gasteiger partial charge on any atom is 0.300 e. The topological polar surface area (TPSA) is 68.8 Å².